The summed E-state index contributed by atoms with van der Waals surface area (Å²) in [5.41, 5.74) is 2.37. The van der Waals surface area contributed by atoms with E-state index in [-0.39, 0.29) is 24.8 Å². The smallest absolute Gasteiger partial charge is 0.0581 e. The van der Waals surface area contributed by atoms with Gasteiger partial charge in [0.25, 0.3) is 0 Å². The van der Waals surface area contributed by atoms with Crippen LogP contribution in [0.25, 0.3) is 0 Å². The van der Waals surface area contributed by atoms with Crippen molar-refractivity contribution in [2.24, 2.45) is 5.92 Å². The Morgan fingerprint density at radius 1 is 1.18 bits per heavy atom. The standard InChI is InChI=1S/C16H25N3O.2ClH/c1-13-3-2-4-15(18-13)16(14-5-11-20-12-6-14)19-9-7-17-8-10-19;;/h2-4,14,16-17H,5-12H2,1H3;2*1H/t16-;;/m0../s1. The first-order chi connectivity index (χ1) is 9.84. The van der Waals surface area contributed by atoms with E-state index < -0.39 is 0 Å². The Morgan fingerprint density at radius 2 is 1.86 bits per heavy atom. The Labute approximate surface area is 145 Å². The van der Waals surface area contributed by atoms with Crippen LogP contribution in [0.2, 0.25) is 0 Å². The first-order valence-electron chi connectivity index (χ1n) is 7.80. The van der Waals surface area contributed by atoms with E-state index in [0.29, 0.717) is 12.0 Å². The molecule has 2 fully saturated rings. The number of nitrogens with zero attached hydrogens (tertiary/aromatic N) is 2. The molecule has 1 N–H and O–H groups in total. The van der Waals surface area contributed by atoms with Crippen LogP contribution in [0.15, 0.2) is 18.2 Å². The summed E-state index contributed by atoms with van der Waals surface area (Å²) >= 11 is 0. The van der Waals surface area contributed by atoms with Crippen LogP contribution >= 0.6 is 24.8 Å². The van der Waals surface area contributed by atoms with Gasteiger partial charge in [0.2, 0.25) is 0 Å². The minimum Gasteiger partial charge on any atom is -0.381 e. The summed E-state index contributed by atoms with van der Waals surface area (Å²) in [5, 5.41) is 3.45. The molecule has 6 heteroatoms. The Kier molecular flexibility index (Phi) is 8.65. The number of aromatic nitrogens is 1. The maximum absolute atomic E-state index is 5.55. The summed E-state index contributed by atoms with van der Waals surface area (Å²) in [5.74, 6) is 0.677. The van der Waals surface area contributed by atoms with Crippen LogP contribution in [-0.2, 0) is 4.74 Å². The van der Waals surface area contributed by atoms with Crippen molar-refractivity contribution in [3.05, 3.63) is 29.6 Å². The topological polar surface area (TPSA) is 37.4 Å². The third kappa shape index (κ3) is 4.80. The molecule has 0 radical (unpaired) electrons. The summed E-state index contributed by atoms with van der Waals surface area (Å²) in [4.78, 5) is 7.44. The van der Waals surface area contributed by atoms with E-state index >= 15 is 0 Å². The van der Waals surface area contributed by atoms with Crippen molar-refractivity contribution in [1.29, 1.82) is 0 Å². The quantitative estimate of drug-likeness (QED) is 0.911. The zero-order valence-corrected chi connectivity index (χ0v) is 14.8. The first kappa shape index (κ1) is 19.7. The summed E-state index contributed by atoms with van der Waals surface area (Å²) in [6, 6.07) is 6.89. The van der Waals surface area contributed by atoms with E-state index in [2.05, 4.69) is 35.3 Å². The van der Waals surface area contributed by atoms with E-state index in [0.717, 1.165) is 57.9 Å². The molecule has 2 aliphatic heterocycles. The predicted molar refractivity (Wildman–Crippen MR) is 94.2 cm³/mol. The Hall–Kier alpha value is -0.390. The second-order valence-corrected chi connectivity index (χ2v) is 5.88. The lowest BCUT2D eigenvalue weighted by Crippen LogP contribution is -2.47. The molecule has 2 aliphatic rings. The molecule has 4 nitrogen and oxygen atoms in total. The zero-order chi connectivity index (χ0) is 13.8. The fourth-order valence-electron chi connectivity index (χ4n) is 3.45. The number of hydrogen-bond donors (Lipinski definition) is 1. The summed E-state index contributed by atoms with van der Waals surface area (Å²) < 4.78 is 5.55. The number of nitrogens with one attached hydrogen (secondary N) is 1. The van der Waals surface area contributed by atoms with Gasteiger partial charge in [-0.2, -0.15) is 0 Å². The van der Waals surface area contributed by atoms with Crippen LogP contribution in [0.3, 0.4) is 0 Å². The van der Waals surface area contributed by atoms with Crippen molar-refractivity contribution in [2.75, 3.05) is 39.4 Å². The largest absolute Gasteiger partial charge is 0.381 e. The number of piperazine rings is 1. The molecule has 1 atom stereocenters. The fourth-order valence-corrected chi connectivity index (χ4v) is 3.45. The lowest BCUT2D eigenvalue weighted by atomic mass is 9.87. The highest BCUT2D eigenvalue weighted by molar-refractivity contribution is 5.85. The van der Waals surface area contributed by atoms with E-state index in [9.17, 15) is 0 Å². The third-order valence-corrected chi connectivity index (χ3v) is 4.47. The molecule has 1 aromatic rings. The van der Waals surface area contributed by atoms with Crippen molar-refractivity contribution >= 4 is 24.8 Å². The number of pyridine rings is 1. The highest BCUT2D eigenvalue weighted by Gasteiger charge is 2.32. The van der Waals surface area contributed by atoms with Crippen molar-refractivity contribution < 1.29 is 4.74 Å². The highest BCUT2D eigenvalue weighted by Crippen LogP contribution is 2.34. The SMILES string of the molecule is Cc1cccc([C@H](C2CCOCC2)N2CCNCC2)n1.Cl.Cl. The molecule has 0 unspecified atom stereocenters. The van der Waals surface area contributed by atoms with Crippen LogP contribution < -0.4 is 5.32 Å². The van der Waals surface area contributed by atoms with E-state index in [1.165, 1.54) is 5.69 Å². The molecule has 1 aromatic heterocycles. The van der Waals surface area contributed by atoms with Gasteiger partial charge in [0.15, 0.2) is 0 Å². The van der Waals surface area contributed by atoms with E-state index in [4.69, 9.17) is 9.72 Å². The molecular weight excluding hydrogens is 321 g/mol. The van der Waals surface area contributed by atoms with Crippen molar-refractivity contribution in [2.45, 2.75) is 25.8 Å². The molecule has 3 rings (SSSR count). The maximum Gasteiger partial charge on any atom is 0.0581 e. The van der Waals surface area contributed by atoms with Gasteiger partial charge in [-0.15, -0.1) is 24.8 Å². The molecule has 0 amide bonds. The Bertz CT molecular complexity index is 417. The normalized spacial score (nSPS) is 21.5. The molecule has 2 saturated heterocycles. The molecule has 3 heterocycles. The molecule has 0 aromatic carbocycles. The van der Waals surface area contributed by atoms with Crippen LogP contribution in [0.5, 0.6) is 0 Å². The average molecular weight is 348 g/mol. The van der Waals surface area contributed by atoms with Gasteiger partial charge in [0.1, 0.15) is 0 Å². The minimum atomic E-state index is 0. The number of ether oxygens (including phenoxy) is 1. The number of hydrogen-bond acceptors (Lipinski definition) is 4. The lowest BCUT2D eigenvalue weighted by molar-refractivity contribution is 0.0200. The fraction of sp³-hybridized carbons (Fsp3) is 0.688. The predicted octanol–water partition coefficient (Wildman–Crippen LogP) is 2.61. The molecule has 0 saturated carbocycles. The van der Waals surface area contributed by atoms with Gasteiger partial charge >= 0.3 is 0 Å². The van der Waals surface area contributed by atoms with Gasteiger partial charge in [0, 0.05) is 45.1 Å². The average Bonchev–Trinajstić information content (AvgIpc) is 2.50. The summed E-state index contributed by atoms with van der Waals surface area (Å²) in [6.45, 7) is 8.31. The van der Waals surface area contributed by atoms with Gasteiger partial charge in [-0.3, -0.25) is 9.88 Å². The van der Waals surface area contributed by atoms with Crippen LogP contribution in [-0.4, -0.2) is 49.3 Å². The van der Waals surface area contributed by atoms with Crippen LogP contribution in [0, 0.1) is 12.8 Å². The van der Waals surface area contributed by atoms with Gasteiger partial charge in [-0.05, 0) is 37.8 Å². The van der Waals surface area contributed by atoms with Gasteiger partial charge in [0.05, 0.1) is 11.7 Å². The Balaban J connectivity index is 0.00000121. The molecule has 0 bridgehead atoms. The second kappa shape index (κ2) is 9.68. The first-order valence-corrected chi connectivity index (χ1v) is 7.80. The zero-order valence-electron chi connectivity index (χ0n) is 13.2. The van der Waals surface area contributed by atoms with Crippen molar-refractivity contribution in [3.8, 4) is 0 Å². The number of rotatable bonds is 3. The summed E-state index contributed by atoms with van der Waals surface area (Å²) in [6.07, 6.45) is 2.31. The highest BCUT2D eigenvalue weighted by atomic mass is 35.5. The van der Waals surface area contributed by atoms with Gasteiger partial charge < -0.3 is 10.1 Å². The van der Waals surface area contributed by atoms with Gasteiger partial charge in [-0.1, -0.05) is 6.07 Å². The van der Waals surface area contributed by atoms with Crippen LogP contribution in [0.1, 0.15) is 30.3 Å². The van der Waals surface area contributed by atoms with Gasteiger partial charge in [-0.25, -0.2) is 0 Å². The van der Waals surface area contributed by atoms with Crippen molar-refractivity contribution in [1.82, 2.24) is 15.2 Å². The molecule has 126 valence electrons. The molecule has 0 spiro atoms. The minimum absolute atomic E-state index is 0. The van der Waals surface area contributed by atoms with Crippen LogP contribution in [0.4, 0.5) is 0 Å². The third-order valence-electron chi connectivity index (χ3n) is 4.47. The maximum atomic E-state index is 5.55. The monoisotopic (exact) mass is 347 g/mol. The van der Waals surface area contributed by atoms with Crippen molar-refractivity contribution in [3.63, 3.8) is 0 Å². The lowest BCUT2D eigenvalue weighted by Gasteiger charge is -2.40. The van der Waals surface area contributed by atoms with E-state index in [1.807, 2.05) is 0 Å². The molecule has 22 heavy (non-hydrogen) atoms. The molecular formula is C16H27Cl2N3O. The van der Waals surface area contributed by atoms with E-state index in [1.54, 1.807) is 0 Å². The second-order valence-electron chi connectivity index (χ2n) is 5.88. The number of halogens is 2. The summed E-state index contributed by atoms with van der Waals surface area (Å²) in [7, 11) is 0. The Morgan fingerprint density at radius 3 is 2.50 bits per heavy atom. The number of aryl methyl sites for hydroxylation is 1. The molecule has 0 aliphatic carbocycles.